The fraction of sp³-hybridized carbons (Fsp3) is 0.333. The van der Waals surface area contributed by atoms with Gasteiger partial charge in [0, 0.05) is 41.6 Å². The standard InChI is InChI=1S/C24H30N4O2/c1-24(2,13-18-14-27-22-6-4-3-5-21(18)22)28-15-19(29)16-30-20-9-7-17(8-10-20)23-25-11-12-26-23/h3-12,14,19,23,25-29H,13,15-16H2,1-2H3/t19-/m0/s1. The molecule has 3 aromatic rings. The minimum atomic E-state index is -0.589. The molecule has 2 heterocycles. The smallest absolute Gasteiger partial charge is 0.122 e. The molecule has 1 aromatic heterocycles. The van der Waals surface area contributed by atoms with Gasteiger partial charge >= 0.3 is 0 Å². The van der Waals surface area contributed by atoms with E-state index < -0.39 is 6.10 Å². The van der Waals surface area contributed by atoms with Crippen LogP contribution >= 0.6 is 0 Å². The lowest BCUT2D eigenvalue weighted by Gasteiger charge is -2.28. The average molecular weight is 407 g/mol. The molecule has 2 aromatic carbocycles. The number of fused-ring (bicyclic) bond motifs is 1. The largest absolute Gasteiger partial charge is 0.491 e. The summed E-state index contributed by atoms with van der Waals surface area (Å²) in [5, 5.41) is 21.5. The van der Waals surface area contributed by atoms with Crippen LogP contribution < -0.4 is 20.7 Å². The fourth-order valence-electron chi connectivity index (χ4n) is 3.75. The van der Waals surface area contributed by atoms with Crippen molar-refractivity contribution in [1.82, 2.24) is 20.9 Å². The Morgan fingerprint density at radius 1 is 1.07 bits per heavy atom. The predicted molar refractivity (Wildman–Crippen MR) is 120 cm³/mol. The van der Waals surface area contributed by atoms with Gasteiger partial charge in [0.1, 0.15) is 24.6 Å². The molecular weight excluding hydrogens is 376 g/mol. The Labute approximate surface area is 177 Å². The van der Waals surface area contributed by atoms with Crippen LogP contribution in [0.5, 0.6) is 5.75 Å². The number of hydrogen-bond donors (Lipinski definition) is 5. The zero-order valence-electron chi connectivity index (χ0n) is 17.5. The minimum absolute atomic E-state index is 0.105. The molecule has 0 saturated carbocycles. The Morgan fingerprint density at radius 2 is 1.80 bits per heavy atom. The molecule has 0 saturated heterocycles. The second kappa shape index (κ2) is 8.81. The van der Waals surface area contributed by atoms with Crippen molar-refractivity contribution in [3.8, 4) is 5.75 Å². The monoisotopic (exact) mass is 406 g/mol. The molecule has 1 atom stereocenters. The molecule has 0 amide bonds. The molecule has 30 heavy (non-hydrogen) atoms. The highest BCUT2D eigenvalue weighted by atomic mass is 16.5. The number of aliphatic hydroxyl groups is 1. The van der Waals surface area contributed by atoms with Gasteiger partial charge in [-0.2, -0.15) is 0 Å². The molecule has 5 N–H and O–H groups in total. The van der Waals surface area contributed by atoms with Crippen molar-refractivity contribution < 1.29 is 9.84 Å². The van der Waals surface area contributed by atoms with Gasteiger partial charge in [-0.25, -0.2) is 0 Å². The van der Waals surface area contributed by atoms with Gasteiger partial charge in [-0.1, -0.05) is 30.3 Å². The molecule has 0 radical (unpaired) electrons. The van der Waals surface area contributed by atoms with Crippen LogP contribution in [0, 0.1) is 0 Å². The van der Waals surface area contributed by atoms with Crippen molar-refractivity contribution >= 4 is 10.9 Å². The third-order valence-corrected chi connectivity index (χ3v) is 5.39. The number of para-hydroxylation sites is 1. The van der Waals surface area contributed by atoms with Crippen molar-refractivity contribution in [3.05, 3.63) is 78.3 Å². The highest BCUT2D eigenvalue weighted by Crippen LogP contribution is 2.22. The molecule has 0 aliphatic carbocycles. The Hall–Kier alpha value is -2.96. The van der Waals surface area contributed by atoms with E-state index in [1.807, 2.05) is 42.7 Å². The SMILES string of the molecule is CC(C)(Cc1c[nH]c2ccccc12)NC[C@H](O)COc1ccc(C2NC=CN2)cc1. The summed E-state index contributed by atoms with van der Waals surface area (Å²) in [5.74, 6) is 0.752. The van der Waals surface area contributed by atoms with E-state index in [0.29, 0.717) is 6.54 Å². The summed E-state index contributed by atoms with van der Waals surface area (Å²) < 4.78 is 5.76. The molecule has 158 valence electrons. The van der Waals surface area contributed by atoms with Crippen molar-refractivity contribution in [1.29, 1.82) is 0 Å². The summed E-state index contributed by atoms with van der Waals surface area (Å²) in [5.41, 5.74) is 3.41. The first kappa shape index (κ1) is 20.3. The first-order valence-corrected chi connectivity index (χ1v) is 10.4. The molecule has 1 aliphatic rings. The van der Waals surface area contributed by atoms with Crippen LogP contribution in [0.2, 0.25) is 0 Å². The van der Waals surface area contributed by atoms with E-state index in [1.54, 1.807) is 0 Å². The Morgan fingerprint density at radius 3 is 2.57 bits per heavy atom. The van der Waals surface area contributed by atoms with Gasteiger partial charge in [-0.05, 0) is 49.6 Å². The summed E-state index contributed by atoms with van der Waals surface area (Å²) in [6, 6.07) is 16.2. The van der Waals surface area contributed by atoms with Gasteiger partial charge in [-0.3, -0.25) is 0 Å². The van der Waals surface area contributed by atoms with Gasteiger partial charge < -0.3 is 30.8 Å². The first-order chi connectivity index (χ1) is 14.5. The third-order valence-electron chi connectivity index (χ3n) is 5.39. The van der Waals surface area contributed by atoms with E-state index in [4.69, 9.17) is 4.74 Å². The van der Waals surface area contributed by atoms with Crippen LogP contribution in [-0.4, -0.2) is 34.9 Å². The van der Waals surface area contributed by atoms with Crippen molar-refractivity contribution in [2.45, 2.75) is 38.1 Å². The number of benzene rings is 2. The van der Waals surface area contributed by atoms with Gasteiger partial charge in [-0.15, -0.1) is 0 Å². The predicted octanol–water partition coefficient (Wildman–Crippen LogP) is 3.18. The molecular formula is C24H30N4O2. The summed E-state index contributed by atoms with van der Waals surface area (Å²) in [6.45, 7) is 5.02. The summed E-state index contributed by atoms with van der Waals surface area (Å²) >= 11 is 0. The van der Waals surface area contributed by atoms with Crippen LogP contribution in [-0.2, 0) is 6.42 Å². The Kier molecular flexibility index (Phi) is 5.97. The zero-order chi connectivity index (χ0) is 21.0. The summed E-state index contributed by atoms with van der Waals surface area (Å²) in [7, 11) is 0. The average Bonchev–Trinajstić information content (AvgIpc) is 3.42. The maximum Gasteiger partial charge on any atom is 0.122 e. The van der Waals surface area contributed by atoms with Crippen molar-refractivity contribution in [3.63, 3.8) is 0 Å². The zero-order valence-corrected chi connectivity index (χ0v) is 17.5. The van der Waals surface area contributed by atoms with Crippen LogP contribution in [0.3, 0.4) is 0 Å². The first-order valence-electron chi connectivity index (χ1n) is 10.4. The van der Waals surface area contributed by atoms with E-state index in [1.165, 1.54) is 10.9 Å². The maximum atomic E-state index is 10.4. The third kappa shape index (κ3) is 4.96. The van der Waals surface area contributed by atoms with E-state index >= 15 is 0 Å². The topological polar surface area (TPSA) is 81.3 Å². The highest BCUT2D eigenvalue weighted by Gasteiger charge is 2.21. The van der Waals surface area contributed by atoms with Crippen LogP contribution in [0.15, 0.2) is 67.1 Å². The number of aromatic amines is 1. The normalized spacial score (nSPS) is 15.2. The number of ether oxygens (including phenoxy) is 1. The lowest BCUT2D eigenvalue weighted by atomic mass is 9.94. The molecule has 0 fully saturated rings. The molecule has 4 rings (SSSR count). The number of aromatic nitrogens is 1. The van der Waals surface area contributed by atoms with Crippen LogP contribution in [0.4, 0.5) is 0 Å². The van der Waals surface area contributed by atoms with Gasteiger partial charge in [0.25, 0.3) is 0 Å². The van der Waals surface area contributed by atoms with Gasteiger partial charge in [0.05, 0.1) is 0 Å². The number of H-pyrrole nitrogens is 1. The number of nitrogens with one attached hydrogen (secondary N) is 4. The number of rotatable bonds is 9. The van der Waals surface area contributed by atoms with E-state index in [2.05, 4.69) is 59.2 Å². The lowest BCUT2D eigenvalue weighted by molar-refractivity contribution is 0.0988. The molecule has 6 heteroatoms. The Bertz CT molecular complexity index is 986. The molecule has 0 unspecified atom stereocenters. The van der Waals surface area contributed by atoms with Crippen LogP contribution in [0.25, 0.3) is 10.9 Å². The lowest BCUT2D eigenvalue weighted by Crippen LogP contribution is -2.46. The molecule has 0 spiro atoms. The van der Waals surface area contributed by atoms with Gasteiger partial charge in [0.2, 0.25) is 0 Å². The molecule has 1 aliphatic heterocycles. The van der Waals surface area contributed by atoms with Crippen molar-refractivity contribution in [2.24, 2.45) is 0 Å². The number of aliphatic hydroxyl groups excluding tert-OH is 1. The van der Waals surface area contributed by atoms with E-state index in [-0.39, 0.29) is 18.3 Å². The van der Waals surface area contributed by atoms with Crippen LogP contribution in [0.1, 0.15) is 31.1 Å². The fourth-order valence-corrected chi connectivity index (χ4v) is 3.75. The quantitative estimate of drug-likeness (QED) is 0.377. The molecule has 0 bridgehead atoms. The second-order valence-electron chi connectivity index (χ2n) is 8.43. The van der Waals surface area contributed by atoms with E-state index in [9.17, 15) is 5.11 Å². The Balaban J connectivity index is 1.24. The second-order valence-corrected chi connectivity index (χ2v) is 8.43. The maximum absolute atomic E-state index is 10.4. The number of hydrogen-bond acceptors (Lipinski definition) is 5. The summed E-state index contributed by atoms with van der Waals surface area (Å²) in [6.07, 6.45) is 6.23. The van der Waals surface area contributed by atoms with Crippen molar-refractivity contribution in [2.75, 3.05) is 13.2 Å². The molecule has 6 nitrogen and oxygen atoms in total. The number of β-amino-alcohol motifs (C(OH)–C–C–N with tert-alkyl or cyclic N) is 1. The highest BCUT2D eigenvalue weighted by molar-refractivity contribution is 5.83. The minimum Gasteiger partial charge on any atom is -0.491 e. The van der Waals surface area contributed by atoms with Gasteiger partial charge in [0.15, 0.2) is 0 Å². The summed E-state index contributed by atoms with van der Waals surface area (Å²) in [4.78, 5) is 3.33. The van der Waals surface area contributed by atoms with E-state index in [0.717, 1.165) is 23.3 Å².